The Kier molecular flexibility index (Phi) is 22.6. The molecule has 10 N–H and O–H groups in total. The van der Waals surface area contributed by atoms with E-state index in [1.54, 1.807) is 0 Å². The Hall–Kier alpha value is -2.48. The Morgan fingerprint density at radius 3 is 2.27 bits per heavy atom. The topological polar surface area (TPSA) is 373 Å². The molecule has 29 heteroatoms. The van der Waals surface area contributed by atoms with Gasteiger partial charge in [0, 0.05) is 37.3 Å². The molecule has 0 bridgehead atoms. The van der Waals surface area contributed by atoms with E-state index in [0.29, 0.717) is 12.4 Å². The first-order valence-electron chi connectivity index (χ1n) is 20.2. The number of hydrogen-bond donors (Lipinski definition) is 9. The predicted molar refractivity (Wildman–Crippen MR) is 225 cm³/mol. The molecule has 360 valence electrons. The van der Waals surface area contributed by atoms with E-state index in [9.17, 15) is 57.9 Å². The zero-order valence-corrected chi connectivity index (χ0v) is 38.8. The van der Waals surface area contributed by atoms with Crippen LogP contribution in [0.2, 0.25) is 0 Å². The van der Waals surface area contributed by atoms with Gasteiger partial charge in [0.15, 0.2) is 17.7 Å². The molecule has 7 atom stereocenters. The summed E-state index contributed by atoms with van der Waals surface area (Å²) in [7, 11) is -16.4. The molecule has 1 aliphatic heterocycles. The van der Waals surface area contributed by atoms with E-state index in [4.69, 9.17) is 24.3 Å². The first kappa shape index (κ1) is 54.9. The first-order chi connectivity index (χ1) is 29.6. The Balaban J connectivity index is 1.35. The van der Waals surface area contributed by atoms with E-state index in [1.165, 1.54) is 52.4 Å². The number of thioether (sulfide) groups is 1. The van der Waals surface area contributed by atoms with Gasteiger partial charge in [0.05, 0.1) is 19.5 Å². The van der Waals surface area contributed by atoms with Crippen molar-refractivity contribution in [1.29, 1.82) is 0 Å². The van der Waals surface area contributed by atoms with Crippen LogP contribution in [0.5, 0.6) is 0 Å². The van der Waals surface area contributed by atoms with E-state index in [1.807, 2.05) is 0 Å². The quantitative estimate of drug-likeness (QED) is 0.0386. The maximum Gasteiger partial charge on any atom is 0.481 e. The van der Waals surface area contributed by atoms with Crippen molar-refractivity contribution in [2.24, 2.45) is 5.41 Å². The Morgan fingerprint density at radius 1 is 0.952 bits per heavy atom. The lowest BCUT2D eigenvalue weighted by molar-refractivity contribution is -0.137. The number of nitrogens with two attached hydrogens (primary N) is 1. The third-order valence-electron chi connectivity index (χ3n) is 9.38. The van der Waals surface area contributed by atoms with E-state index in [2.05, 4.69) is 41.3 Å². The molecular formula is C34H60N7O18P3S. The summed E-state index contributed by atoms with van der Waals surface area (Å²) in [6.45, 7) is 3.17. The molecule has 3 heterocycles. The monoisotopic (exact) mass is 979 g/mol. The van der Waals surface area contributed by atoms with Gasteiger partial charge in [-0.15, -0.1) is 0 Å². The number of fused-ring (bicyclic) bond motifs is 1. The van der Waals surface area contributed by atoms with Gasteiger partial charge in [-0.25, -0.2) is 28.6 Å². The molecule has 1 fully saturated rings. The molecule has 2 unspecified atom stereocenters. The van der Waals surface area contributed by atoms with Gasteiger partial charge in [-0.05, 0) is 6.42 Å². The second-order valence-corrected chi connectivity index (χ2v) is 20.6. The molecule has 2 aromatic heterocycles. The second-order valence-electron chi connectivity index (χ2n) is 15.2. The number of rotatable bonds is 31. The number of phosphoric ester groups is 3. The van der Waals surface area contributed by atoms with Gasteiger partial charge in [0.2, 0.25) is 16.9 Å². The van der Waals surface area contributed by atoms with Crippen LogP contribution in [-0.2, 0) is 55.4 Å². The molecule has 0 aliphatic carbocycles. The average molecular weight is 980 g/mol. The van der Waals surface area contributed by atoms with Crippen molar-refractivity contribution in [3.8, 4) is 0 Å². The van der Waals surface area contributed by atoms with Gasteiger partial charge in [-0.1, -0.05) is 83.9 Å². The minimum Gasteiger partial charge on any atom is -0.386 e. The van der Waals surface area contributed by atoms with Crippen LogP contribution in [0.25, 0.3) is 11.2 Å². The number of amides is 2. The third-order valence-corrected chi connectivity index (χ3v) is 13.3. The van der Waals surface area contributed by atoms with Crippen LogP contribution < -0.4 is 16.4 Å². The van der Waals surface area contributed by atoms with Crippen LogP contribution in [0.15, 0.2) is 12.7 Å². The molecule has 1 aliphatic rings. The molecule has 3 rings (SSSR count). The number of carbonyl (C=O) groups is 3. The number of aromatic nitrogens is 4. The summed E-state index contributed by atoms with van der Waals surface area (Å²) in [5.41, 5.74) is 4.27. The van der Waals surface area contributed by atoms with Crippen LogP contribution in [0, 0.1) is 5.41 Å². The van der Waals surface area contributed by atoms with Crippen molar-refractivity contribution in [1.82, 2.24) is 30.2 Å². The van der Waals surface area contributed by atoms with E-state index < -0.39 is 84.6 Å². The summed E-state index contributed by atoms with van der Waals surface area (Å²) >= 11 is 1.03. The summed E-state index contributed by atoms with van der Waals surface area (Å²) in [6.07, 6.45) is 3.74. The number of unbranched alkanes of at least 4 members (excludes halogenated alkanes) is 8. The molecule has 0 spiro atoms. The second kappa shape index (κ2) is 26.0. The molecular weight excluding hydrogens is 919 g/mol. The van der Waals surface area contributed by atoms with Crippen molar-refractivity contribution in [3.63, 3.8) is 0 Å². The van der Waals surface area contributed by atoms with Crippen LogP contribution in [0.4, 0.5) is 5.82 Å². The van der Waals surface area contributed by atoms with E-state index >= 15 is 0 Å². The molecule has 0 radical (unpaired) electrons. The van der Waals surface area contributed by atoms with Crippen molar-refractivity contribution in [2.45, 2.75) is 116 Å². The summed E-state index contributed by atoms with van der Waals surface area (Å²) in [5.74, 6) is -1.15. The largest absolute Gasteiger partial charge is 0.481 e. The highest BCUT2D eigenvalue weighted by Crippen LogP contribution is 2.61. The minimum atomic E-state index is -5.58. The fourth-order valence-corrected chi connectivity index (χ4v) is 9.43. The van der Waals surface area contributed by atoms with Crippen molar-refractivity contribution < 1.29 is 85.2 Å². The number of ether oxygens (including phenoxy) is 2. The predicted octanol–water partition coefficient (Wildman–Crippen LogP) is 2.21. The van der Waals surface area contributed by atoms with Crippen LogP contribution in [-0.4, -0.2) is 136 Å². The number of nitrogens with zero attached hydrogens (tertiary/aromatic N) is 4. The summed E-state index contributed by atoms with van der Waals surface area (Å²) in [5, 5.41) is 26.3. The van der Waals surface area contributed by atoms with E-state index in [-0.39, 0.29) is 48.2 Å². The number of imidazole rings is 1. The SMILES string of the molecule is CCCCCCCCCCCOCC(=O)SCCNC(=O)CCNC(=O)[C@H](O)C(C)(C)COP(=O)(O)OP(=O)(O)OC[C@H]1O[C@@H](n2cnc3c(N)ncnc32)[C@H](O)[C@@H]1OP(=O)(O)O. The standard InChI is InChI=1S/C34H60N7O18P3S/c1-4-5-6-7-8-9-10-11-12-16-54-19-25(43)63-17-15-36-24(42)13-14-37-32(46)29(45)34(2,3)20-56-62(52,53)59-61(50,51)55-18-23-28(58-60(47,48)49)27(44)33(57-23)41-22-40-26-30(35)38-21-39-31(26)41/h21-23,27-29,33,44-45H,4-20H2,1-3H3,(H,36,42)(H,37,46)(H,50,51)(H,52,53)(H2,35,38,39)(H2,47,48,49)/t23-,27-,28-,29+,33-/m1/s1. The van der Waals surface area contributed by atoms with E-state index in [0.717, 1.165) is 48.2 Å². The number of hydrogen-bond acceptors (Lipinski definition) is 19. The highest BCUT2D eigenvalue weighted by atomic mass is 32.2. The Morgan fingerprint density at radius 2 is 1.60 bits per heavy atom. The van der Waals surface area contributed by atoms with Gasteiger partial charge in [0.25, 0.3) is 0 Å². The zero-order valence-electron chi connectivity index (χ0n) is 35.3. The van der Waals surface area contributed by atoms with Crippen LogP contribution >= 0.6 is 35.2 Å². The lowest BCUT2D eigenvalue weighted by Crippen LogP contribution is -2.46. The normalized spacial score (nSPS) is 20.6. The number of carbonyl (C=O) groups excluding carboxylic acids is 3. The zero-order chi connectivity index (χ0) is 46.8. The lowest BCUT2D eigenvalue weighted by Gasteiger charge is -2.30. The number of aliphatic hydroxyl groups is 2. The van der Waals surface area contributed by atoms with Gasteiger partial charge < -0.3 is 55.6 Å². The molecule has 63 heavy (non-hydrogen) atoms. The number of nitrogens with one attached hydrogen (secondary N) is 2. The maximum absolute atomic E-state index is 12.7. The number of aliphatic hydroxyl groups excluding tert-OH is 2. The van der Waals surface area contributed by atoms with Crippen molar-refractivity contribution in [2.75, 3.05) is 51.0 Å². The highest BCUT2D eigenvalue weighted by molar-refractivity contribution is 8.13. The molecule has 0 aromatic carbocycles. The lowest BCUT2D eigenvalue weighted by atomic mass is 9.87. The number of phosphoric acid groups is 3. The highest BCUT2D eigenvalue weighted by Gasteiger charge is 2.50. The van der Waals surface area contributed by atoms with Crippen LogP contribution in [0.1, 0.15) is 91.2 Å². The molecule has 2 amide bonds. The number of nitrogen functional groups attached to an aromatic ring is 1. The van der Waals surface area contributed by atoms with Gasteiger partial charge in [-0.3, -0.25) is 32.5 Å². The first-order valence-corrected chi connectivity index (χ1v) is 25.7. The van der Waals surface area contributed by atoms with Crippen LogP contribution in [0.3, 0.4) is 0 Å². The van der Waals surface area contributed by atoms with Gasteiger partial charge in [-0.2, -0.15) is 4.31 Å². The van der Waals surface area contributed by atoms with Gasteiger partial charge >= 0.3 is 23.5 Å². The molecule has 2 aromatic rings. The Labute approximate surface area is 368 Å². The molecule has 25 nitrogen and oxygen atoms in total. The number of anilines is 1. The summed E-state index contributed by atoms with van der Waals surface area (Å²) in [6, 6.07) is 0. The Bertz CT molecular complexity index is 1930. The summed E-state index contributed by atoms with van der Waals surface area (Å²) in [4.78, 5) is 88.0. The minimum absolute atomic E-state index is 0.0164. The average Bonchev–Trinajstić information content (AvgIpc) is 3.76. The summed E-state index contributed by atoms with van der Waals surface area (Å²) < 4.78 is 67.7. The maximum atomic E-state index is 12.7. The smallest absolute Gasteiger partial charge is 0.386 e. The van der Waals surface area contributed by atoms with Gasteiger partial charge in [0.1, 0.15) is 42.9 Å². The molecule has 1 saturated heterocycles. The van der Waals surface area contributed by atoms with Crippen molar-refractivity contribution in [3.05, 3.63) is 12.7 Å². The third kappa shape index (κ3) is 19.5. The van der Waals surface area contributed by atoms with Crippen molar-refractivity contribution >= 4 is 69.1 Å². The molecule has 0 saturated carbocycles. The fourth-order valence-electron chi connectivity index (χ4n) is 6.01. The fraction of sp³-hybridized carbons (Fsp3) is 0.765.